The molecule has 1 unspecified atom stereocenters. The SMILES string of the molecule is CCS(=O)(=O)NCC(O)c1ccc2c(ccn2C)c1. The van der Waals surface area contributed by atoms with Crippen LogP contribution in [0.5, 0.6) is 0 Å². The van der Waals surface area contributed by atoms with Crippen LogP contribution in [0, 0.1) is 0 Å². The molecule has 0 saturated heterocycles. The van der Waals surface area contributed by atoms with E-state index in [1.54, 1.807) is 6.92 Å². The summed E-state index contributed by atoms with van der Waals surface area (Å²) in [6.07, 6.45) is 1.10. The predicted octanol–water partition coefficient (Wildman–Crippen LogP) is 1.15. The lowest BCUT2D eigenvalue weighted by Crippen LogP contribution is -2.29. The molecule has 0 aliphatic rings. The van der Waals surface area contributed by atoms with Gasteiger partial charge in [0, 0.05) is 25.3 Å². The van der Waals surface area contributed by atoms with Gasteiger partial charge in [0.25, 0.3) is 0 Å². The summed E-state index contributed by atoms with van der Waals surface area (Å²) in [6.45, 7) is 1.55. The number of benzene rings is 1. The molecule has 1 heterocycles. The molecule has 2 rings (SSSR count). The smallest absolute Gasteiger partial charge is 0.211 e. The van der Waals surface area contributed by atoms with Crippen LogP contribution in [0.2, 0.25) is 0 Å². The first kappa shape index (κ1) is 14.0. The van der Waals surface area contributed by atoms with Gasteiger partial charge in [-0.3, -0.25) is 0 Å². The van der Waals surface area contributed by atoms with Crippen LogP contribution < -0.4 is 4.72 Å². The number of aromatic nitrogens is 1. The molecule has 0 aliphatic carbocycles. The molecule has 0 fully saturated rings. The van der Waals surface area contributed by atoms with E-state index >= 15 is 0 Å². The molecule has 19 heavy (non-hydrogen) atoms. The molecule has 0 amide bonds. The average molecular weight is 282 g/mol. The number of aliphatic hydroxyl groups is 1. The third-order valence-electron chi connectivity index (χ3n) is 3.17. The molecule has 2 aromatic rings. The Morgan fingerprint density at radius 2 is 2.11 bits per heavy atom. The minimum atomic E-state index is -3.28. The van der Waals surface area contributed by atoms with E-state index in [4.69, 9.17) is 0 Å². The standard InChI is InChI=1S/C13H18N2O3S/c1-3-19(17,18)14-9-13(16)11-4-5-12-10(8-11)6-7-15(12)2/h4-8,13-14,16H,3,9H2,1-2H3. The summed E-state index contributed by atoms with van der Waals surface area (Å²) in [6, 6.07) is 7.57. The second kappa shape index (κ2) is 5.32. The van der Waals surface area contributed by atoms with Gasteiger partial charge in [-0.25, -0.2) is 13.1 Å². The van der Waals surface area contributed by atoms with Crippen LogP contribution in [0.4, 0.5) is 0 Å². The number of aliphatic hydroxyl groups excluding tert-OH is 1. The predicted molar refractivity (Wildman–Crippen MR) is 75.3 cm³/mol. The first-order chi connectivity index (χ1) is 8.93. The van der Waals surface area contributed by atoms with Gasteiger partial charge in [0.1, 0.15) is 0 Å². The van der Waals surface area contributed by atoms with Gasteiger partial charge in [-0.05, 0) is 36.1 Å². The van der Waals surface area contributed by atoms with Crippen molar-refractivity contribution in [2.24, 2.45) is 7.05 Å². The Bertz CT molecular complexity index is 676. The Hall–Kier alpha value is -1.37. The maximum Gasteiger partial charge on any atom is 0.211 e. The summed E-state index contributed by atoms with van der Waals surface area (Å²) in [5, 5.41) is 11.0. The zero-order chi connectivity index (χ0) is 14.0. The molecular formula is C13H18N2O3S. The van der Waals surface area contributed by atoms with Gasteiger partial charge in [0.05, 0.1) is 11.9 Å². The Morgan fingerprint density at radius 1 is 1.37 bits per heavy atom. The second-order valence-corrected chi connectivity index (χ2v) is 6.61. The molecule has 0 spiro atoms. The van der Waals surface area contributed by atoms with Crippen molar-refractivity contribution < 1.29 is 13.5 Å². The first-order valence-electron chi connectivity index (χ1n) is 6.13. The molecule has 1 aromatic carbocycles. The fraction of sp³-hybridized carbons (Fsp3) is 0.385. The number of hydrogen-bond donors (Lipinski definition) is 2. The van der Waals surface area contributed by atoms with E-state index in [2.05, 4.69) is 4.72 Å². The zero-order valence-corrected chi connectivity index (χ0v) is 11.8. The van der Waals surface area contributed by atoms with Crippen LogP contribution in [-0.4, -0.2) is 30.4 Å². The van der Waals surface area contributed by atoms with Gasteiger partial charge in [-0.2, -0.15) is 0 Å². The summed E-state index contributed by atoms with van der Waals surface area (Å²) >= 11 is 0. The van der Waals surface area contributed by atoms with E-state index in [1.165, 1.54) is 0 Å². The lowest BCUT2D eigenvalue weighted by atomic mass is 10.1. The fourth-order valence-electron chi connectivity index (χ4n) is 1.93. The molecule has 0 saturated carbocycles. The van der Waals surface area contributed by atoms with Crippen LogP contribution in [0.15, 0.2) is 30.5 Å². The van der Waals surface area contributed by atoms with Crippen LogP contribution in [-0.2, 0) is 17.1 Å². The third kappa shape index (κ3) is 3.15. The van der Waals surface area contributed by atoms with Crippen LogP contribution in [0.25, 0.3) is 10.9 Å². The Labute approximate surface area is 112 Å². The normalized spacial score (nSPS) is 13.8. The zero-order valence-electron chi connectivity index (χ0n) is 11.0. The molecule has 1 aromatic heterocycles. The molecule has 0 bridgehead atoms. The molecular weight excluding hydrogens is 264 g/mol. The monoisotopic (exact) mass is 282 g/mol. The van der Waals surface area contributed by atoms with E-state index in [0.717, 1.165) is 10.9 Å². The molecule has 2 N–H and O–H groups in total. The van der Waals surface area contributed by atoms with Crippen molar-refractivity contribution in [2.45, 2.75) is 13.0 Å². The number of nitrogens with zero attached hydrogens (tertiary/aromatic N) is 1. The Balaban J connectivity index is 2.15. The van der Waals surface area contributed by atoms with Crippen molar-refractivity contribution >= 4 is 20.9 Å². The van der Waals surface area contributed by atoms with E-state index < -0.39 is 16.1 Å². The van der Waals surface area contributed by atoms with Crippen molar-refractivity contribution in [1.82, 2.24) is 9.29 Å². The van der Waals surface area contributed by atoms with Crippen LogP contribution in [0.3, 0.4) is 0 Å². The maximum absolute atomic E-state index is 11.3. The summed E-state index contributed by atoms with van der Waals surface area (Å²) in [5.74, 6) is 0.0113. The van der Waals surface area contributed by atoms with Gasteiger partial charge >= 0.3 is 0 Å². The summed E-state index contributed by atoms with van der Waals surface area (Å²) < 4.78 is 27.0. The maximum atomic E-state index is 11.3. The summed E-state index contributed by atoms with van der Waals surface area (Å²) in [4.78, 5) is 0. The van der Waals surface area contributed by atoms with E-state index in [1.807, 2.05) is 42.1 Å². The number of fused-ring (bicyclic) bond motifs is 1. The van der Waals surface area contributed by atoms with Gasteiger partial charge in [0.15, 0.2) is 0 Å². The number of nitrogens with one attached hydrogen (secondary N) is 1. The van der Waals surface area contributed by atoms with Crippen LogP contribution >= 0.6 is 0 Å². The van der Waals surface area contributed by atoms with Crippen molar-refractivity contribution in [2.75, 3.05) is 12.3 Å². The van der Waals surface area contributed by atoms with Gasteiger partial charge in [-0.1, -0.05) is 6.07 Å². The van der Waals surface area contributed by atoms with Crippen molar-refractivity contribution in [1.29, 1.82) is 0 Å². The number of hydrogen-bond acceptors (Lipinski definition) is 3. The molecule has 5 nitrogen and oxygen atoms in total. The van der Waals surface area contributed by atoms with Gasteiger partial charge < -0.3 is 9.67 Å². The largest absolute Gasteiger partial charge is 0.387 e. The van der Waals surface area contributed by atoms with E-state index in [0.29, 0.717) is 5.56 Å². The van der Waals surface area contributed by atoms with Crippen molar-refractivity contribution in [3.8, 4) is 0 Å². The lowest BCUT2D eigenvalue weighted by Gasteiger charge is -2.12. The second-order valence-electron chi connectivity index (χ2n) is 4.51. The highest BCUT2D eigenvalue weighted by molar-refractivity contribution is 7.89. The van der Waals surface area contributed by atoms with Gasteiger partial charge in [0.2, 0.25) is 10.0 Å². The summed E-state index contributed by atoms with van der Waals surface area (Å²) in [7, 11) is -1.32. The summed E-state index contributed by atoms with van der Waals surface area (Å²) in [5.41, 5.74) is 1.78. The quantitative estimate of drug-likeness (QED) is 0.864. The van der Waals surface area contributed by atoms with Gasteiger partial charge in [-0.15, -0.1) is 0 Å². The molecule has 0 radical (unpaired) electrons. The number of sulfonamides is 1. The highest BCUT2D eigenvalue weighted by atomic mass is 32.2. The molecule has 104 valence electrons. The number of aryl methyl sites for hydroxylation is 1. The third-order valence-corrected chi connectivity index (χ3v) is 4.54. The Morgan fingerprint density at radius 3 is 2.79 bits per heavy atom. The van der Waals surface area contributed by atoms with Crippen molar-refractivity contribution in [3.05, 3.63) is 36.0 Å². The van der Waals surface area contributed by atoms with Crippen molar-refractivity contribution in [3.63, 3.8) is 0 Å². The number of rotatable bonds is 5. The van der Waals surface area contributed by atoms with E-state index in [9.17, 15) is 13.5 Å². The topological polar surface area (TPSA) is 71.3 Å². The Kier molecular flexibility index (Phi) is 3.93. The highest BCUT2D eigenvalue weighted by Gasteiger charge is 2.13. The molecule has 1 atom stereocenters. The minimum Gasteiger partial charge on any atom is -0.387 e. The molecule has 6 heteroatoms. The minimum absolute atomic E-state index is 0.00544. The highest BCUT2D eigenvalue weighted by Crippen LogP contribution is 2.20. The van der Waals surface area contributed by atoms with E-state index in [-0.39, 0.29) is 12.3 Å². The van der Waals surface area contributed by atoms with Crippen LogP contribution in [0.1, 0.15) is 18.6 Å². The fourth-order valence-corrected chi connectivity index (χ4v) is 2.55. The average Bonchev–Trinajstić information content (AvgIpc) is 2.77. The lowest BCUT2D eigenvalue weighted by molar-refractivity contribution is 0.182. The molecule has 0 aliphatic heterocycles. The first-order valence-corrected chi connectivity index (χ1v) is 7.78.